The lowest BCUT2D eigenvalue weighted by atomic mass is 10.1. The van der Waals surface area contributed by atoms with E-state index in [9.17, 15) is 18.0 Å². The molecule has 2 heterocycles. The Balaban J connectivity index is 2.16. The molecule has 28 heavy (non-hydrogen) atoms. The quantitative estimate of drug-likeness (QED) is 0.346. The minimum absolute atomic E-state index is 0.123. The molecule has 9 heteroatoms. The summed E-state index contributed by atoms with van der Waals surface area (Å²) in [6, 6.07) is 10.2. The fraction of sp³-hybridized carbons (Fsp3) is 0.263. The van der Waals surface area contributed by atoms with Gasteiger partial charge in [0.25, 0.3) is 0 Å². The number of hydrogen-bond acceptors (Lipinski definition) is 3. The average molecular weight is 503 g/mol. The molecule has 2 aromatic heterocycles. The SMILES string of the molecule is CC(C)(C)OC(=O)Nc1nc2cccc(I)n2c1-c1cccc(C(F)(F)F)c1. The van der Waals surface area contributed by atoms with Crippen LogP contribution in [0.4, 0.5) is 23.8 Å². The number of nitrogens with zero attached hydrogens (tertiary/aromatic N) is 2. The van der Waals surface area contributed by atoms with Crippen molar-refractivity contribution in [2.75, 3.05) is 5.32 Å². The Morgan fingerprint density at radius 3 is 2.46 bits per heavy atom. The fourth-order valence-corrected chi connectivity index (χ4v) is 3.35. The van der Waals surface area contributed by atoms with Crippen LogP contribution in [0.2, 0.25) is 0 Å². The number of carbonyl (C=O) groups excluding carboxylic acids is 1. The number of anilines is 1. The highest BCUT2D eigenvalue weighted by Gasteiger charge is 2.31. The molecule has 0 saturated heterocycles. The van der Waals surface area contributed by atoms with Crippen molar-refractivity contribution in [1.29, 1.82) is 0 Å². The van der Waals surface area contributed by atoms with Gasteiger partial charge in [-0.2, -0.15) is 13.2 Å². The third kappa shape index (κ3) is 4.40. The van der Waals surface area contributed by atoms with Gasteiger partial charge in [-0.25, -0.2) is 9.78 Å². The molecule has 0 aliphatic heterocycles. The first-order valence-electron chi connectivity index (χ1n) is 8.30. The molecule has 5 nitrogen and oxygen atoms in total. The maximum absolute atomic E-state index is 13.2. The predicted molar refractivity (Wildman–Crippen MR) is 108 cm³/mol. The van der Waals surface area contributed by atoms with Gasteiger partial charge in [0.1, 0.15) is 11.2 Å². The second kappa shape index (κ2) is 7.26. The molecule has 0 spiro atoms. The van der Waals surface area contributed by atoms with Crippen molar-refractivity contribution in [3.05, 3.63) is 51.7 Å². The summed E-state index contributed by atoms with van der Waals surface area (Å²) in [4.78, 5) is 16.6. The number of nitrogens with one attached hydrogen (secondary N) is 1. The second-order valence-electron chi connectivity index (χ2n) is 7.06. The predicted octanol–water partition coefficient (Wildman–Crippen LogP) is 5.97. The molecular weight excluding hydrogens is 486 g/mol. The number of alkyl halides is 3. The number of aromatic nitrogens is 2. The van der Waals surface area contributed by atoms with E-state index in [-0.39, 0.29) is 11.4 Å². The number of imidazole rings is 1. The number of benzene rings is 1. The Kier molecular flexibility index (Phi) is 5.30. The standard InChI is InChI=1S/C19H17F3IN3O2/c1-18(2,3)28-17(27)25-16-15(26-13(23)8-5-9-14(26)24-16)11-6-4-7-12(10-11)19(20,21)22/h4-10H,1-3H3,(H,25,27). The van der Waals surface area contributed by atoms with E-state index < -0.39 is 23.4 Å². The number of rotatable bonds is 2. The van der Waals surface area contributed by atoms with E-state index in [2.05, 4.69) is 32.9 Å². The van der Waals surface area contributed by atoms with Crippen LogP contribution in [0.25, 0.3) is 16.9 Å². The first kappa shape index (κ1) is 20.4. The molecule has 0 saturated carbocycles. The van der Waals surface area contributed by atoms with Crippen LogP contribution in [-0.4, -0.2) is 21.1 Å². The topological polar surface area (TPSA) is 55.6 Å². The molecule has 3 aromatic rings. The average Bonchev–Trinajstić information content (AvgIpc) is 2.91. The molecule has 0 unspecified atom stereocenters. The molecule has 0 radical (unpaired) electrons. The third-order valence-corrected chi connectivity index (χ3v) is 4.52. The minimum Gasteiger partial charge on any atom is -0.444 e. The zero-order valence-corrected chi connectivity index (χ0v) is 17.4. The van der Waals surface area contributed by atoms with E-state index >= 15 is 0 Å². The second-order valence-corrected chi connectivity index (χ2v) is 8.16. The van der Waals surface area contributed by atoms with Gasteiger partial charge in [0.2, 0.25) is 0 Å². The fourth-order valence-electron chi connectivity index (χ4n) is 2.65. The Hall–Kier alpha value is -2.30. The number of amides is 1. The summed E-state index contributed by atoms with van der Waals surface area (Å²) in [7, 11) is 0. The Bertz CT molecular complexity index is 1040. The summed E-state index contributed by atoms with van der Waals surface area (Å²) >= 11 is 2.06. The van der Waals surface area contributed by atoms with Gasteiger partial charge in [0.15, 0.2) is 5.82 Å². The van der Waals surface area contributed by atoms with E-state index in [0.717, 1.165) is 15.8 Å². The van der Waals surface area contributed by atoms with Crippen molar-refractivity contribution in [2.45, 2.75) is 32.5 Å². The zero-order chi connectivity index (χ0) is 20.7. The lowest BCUT2D eigenvalue weighted by Gasteiger charge is -2.19. The van der Waals surface area contributed by atoms with Crippen molar-refractivity contribution in [2.24, 2.45) is 0 Å². The molecule has 148 valence electrons. The van der Waals surface area contributed by atoms with E-state index in [1.165, 1.54) is 6.07 Å². The molecule has 3 rings (SSSR count). The highest BCUT2D eigenvalue weighted by Crippen LogP contribution is 2.35. The number of fused-ring (bicyclic) bond motifs is 1. The van der Waals surface area contributed by atoms with E-state index in [4.69, 9.17) is 4.74 Å². The zero-order valence-electron chi connectivity index (χ0n) is 15.3. The van der Waals surface area contributed by atoms with Gasteiger partial charge < -0.3 is 4.74 Å². The number of pyridine rings is 1. The van der Waals surface area contributed by atoms with Gasteiger partial charge in [-0.3, -0.25) is 9.72 Å². The molecule has 1 aromatic carbocycles. The van der Waals surface area contributed by atoms with Crippen LogP contribution in [0.1, 0.15) is 26.3 Å². The third-order valence-electron chi connectivity index (χ3n) is 3.68. The summed E-state index contributed by atoms with van der Waals surface area (Å²) in [5.74, 6) is 0.123. The van der Waals surface area contributed by atoms with Crippen LogP contribution in [0, 0.1) is 3.70 Å². The highest BCUT2D eigenvalue weighted by molar-refractivity contribution is 14.1. The molecule has 0 bridgehead atoms. The summed E-state index contributed by atoms with van der Waals surface area (Å²) < 4.78 is 47.2. The van der Waals surface area contributed by atoms with Gasteiger partial charge in [0.05, 0.1) is 15.0 Å². The normalized spacial score (nSPS) is 12.2. The lowest BCUT2D eigenvalue weighted by molar-refractivity contribution is -0.137. The van der Waals surface area contributed by atoms with Gasteiger partial charge in [-0.05, 0) is 67.6 Å². The smallest absolute Gasteiger partial charge is 0.416 e. The molecule has 0 aliphatic carbocycles. The van der Waals surface area contributed by atoms with Crippen LogP contribution in [0.15, 0.2) is 42.5 Å². The Labute approximate surface area is 173 Å². The summed E-state index contributed by atoms with van der Waals surface area (Å²) in [6.07, 6.45) is -5.22. The Morgan fingerprint density at radius 2 is 1.82 bits per heavy atom. The van der Waals surface area contributed by atoms with E-state index in [1.54, 1.807) is 49.4 Å². The number of carbonyl (C=O) groups is 1. The lowest BCUT2D eigenvalue weighted by Crippen LogP contribution is -2.27. The number of halogens is 4. The van der Waals surface area contributed by atoms with Gasteiger partial charge in [0, 0.05) is 5.56 Å². The molecule has 0 aliphatic rings. The van der Waals surface area contributed by atoms with Crippen molar-refractivity contribution in [3.8, 4) is 11.3 Å². The Morgan fingerprint density at radius 1 is 1.14 bits per heavy atom. The largest absolute Gasteiger partial charge is 0.444 e. The van der Waals surface area contributed by atoms with Crippen molar-refractivity contribution >= 4 is 40.1 Å². The monoisotopic (exact) mass is 503 g/mol. The first-order valence-corrected chi connectivity index (χ1v) is 9.38. The van der Waals surface area contributed by atoms with Crippen molar-refractivity contribution < 1.29 is 22.7 Å². The van der Waals surface area contributed by atoms with Crippen molar-refractivity contribution in [3.63, 3.8) is 0 Å². The van der Waals surface area contributed by atoms with Crippen LogP contribution < -0.4 is 5.32 Å². The molecule has 0 atom stereocenters. The van der Waals surface area contributed by atoms with Crippen LogP contribution in [-0.2, 0) is 10.9 Å². The van der Waals surface area contributed by atoms with Crippen LogP contribution in [0.5, 0.6) is 0 Å². The molecule has 1 N–H and O–H groups in total. The molecule has 1 amide bonds. The van der Waals surface area contributed by atoms with Gasteiger partial charge >= 0.3 is 12.3 Å². The van der Waals surface area contributed by atoms with Gasteiger partial charge in [-0.15, -0.1) is 0 Å². The van der Waals surface area contributed by atoms with E-state index in [0.29, 0.717) is 11.3 Å². The molecule has 0 fully saturated rings. The van der Waals surface area contributed by atoms with Crippen LogP contribution >= 0.6 is 22.6 Å². The van der Waals surface area contributed by atoms with Crippen molar-refractivity contribution in [1.82, 2.24) is 9.38 Å². The summed E-state index contributed by atoms with van der Waals surface area (Å²) in [5, 5.41) is 2.56. The number of hydrogen-bond donors (Lipinski definition) is 1. The maximum Gasteiger partial charge on any atom is 0.416 e. The van der Waals surface area contributed by atoms with Crippen LogP contribution in [0.3, 0.4) is 0 Å². The summed E-state index contributed by atoms with van der Waals surface area (Å²) in [5.41, 5.74) is -0.400. The summed E-state index contributed by atoms with van der Waals surface area (Å²) in [6.45, 7) is 5.15. The van der Waals surface area contributed by atoms with E-state index in [1.807, 2.05) is 0 Å². The number of ether oxygens (including phenoxy) is 1. The highest BCUT2D eigenvalue weighted by atomic mass is 127. The van der Waals surface area contributed by atoms with Gasteiger partial charge in [-0.1, -0.05) is 18.2 Å². The maximum atomic E-state index is 13.2. The first-order chi connectivity index (χ1) is 13.0. The molecular formula is C19H17F3IN3O2. The minimum atomic E-state index is -4.48.